The van der Waals surface area contributed by atoms with E-state index in [9.17, 15) is 13.2 Å². The lowest BCUT2D eigenvalue weighted by Crippen LogP contribution is -2.36. The number of fused-ring (bicyclic) bond motifs is 1. The number of likely N-dealkylation sites (N-methyl/N-ethyl adjacent to an activating group) is 1. The molecule has 7 heteroatoms. The number of hydrogen-bond acceptors (Lipinski definition) is 4. The Kier molecular flexibility index (Phi) is 3.18. The van der Waals surface area contributed by atoms with E-state index < -0.39 is 10.0 Å². The Morgan fingerprint density at radius 2 is 2.20 bits per heavy atom. The van der Waals surface area contributed by atoms with Crippen LogP contribution in [0.3, 0.4) is 0 Å². The van der Waals surface area contributed by atoms with Gasteiger partial charge < -0.3 is 9.64 Å². The molecule has 20 heavy (non-hydrogen) atoms. The van der Waals surface area contributed by atoms with Crippen LogP contribution < -0.4 is 9.46 Å². The lowest BCUT2D eigenvalue weighted by molar-refractivity contribution is -0.126. The van der Waals surface area contributed by atoms with Crippen molar-refractivity contribution in [2.75, 3.05) is 20.2 Å². The van der Waals surface area contributed by atoms with Gasteiger partial charge in [0.05, 0.1) is 11.5 Å². The number of ether oxygens (including phenoxy) is 1. The fraction of sp³-hybridized carbons (Fsp3) is 0.462. The van der Waals surface area contributed by atoms with Crippen molar-refractivity contribution in [1.82, 2.24) is 9.62 Å². The molecule has 0 aromatic heterocycles. The standard InChI is InChI=1S/C13H16N2O4S/c1-15-8-10(7-13(15)16)14-20(17,18)11-2-3-12-9(6-11)4-5-19-12/h2-3,6,10,14H,4-5,7-8H2,1H3. The number of nitrogens with one attached hydrogen (secondary N) is 1. The zero-order chi connectivity index (χ0) is 14.3. The molecular formula is C13H16N2O4S. The predicted octanol–water partition coefficient (Wildman–Crippen LogP) is 0.130. The highest BCUT2D eigenvalue weighted by Gasteiger charge is 2.31. The summed E-state index contributed by atoms with van der Waals surface area (Å²) in [6.45, 7) is 1.00. The van der Waals surface area contributed by atoms with Gasteiger partial charge in [-0.3, -0.25) is 4.79 Å². The van der Waals surface area contributed by atoms with Crippen LogP contribution in [0, 0.1) is 0 Å². The maximum Gasteiger partial charge on any atom is 0.240 e. The van der Waals surface area contributed by atoms with Gasteiger partial charge in [-0.15, -0.1) is 0 Å². The number of nitrogens with zero attached hydrogens (tertiary/aromatic N) is 1. The summed E-state index contributed by atoms with van der Waals surface area (Å²) >= 11 is 0. The van der Waals surface area contributed by atoms with Crippen LogP contribution in [0.1, 0.15) is 12.0 Å². The van der Waals surface area contributed by atoms with E-state index in [0.717, 1.165) is 17.7 Å². The Balaban J connectivity index is 1.80. The third-order valence-electron chi connectivity index (χ3n) is 3.63. The molecule has 1 atom stereocenters. The summed E-state index contributed by atoms with van der Waals surface area (Å²) < 4.78 is 32.6. The van der Waals surface area contributed by atoms with Crippen molar-refractivity contribution in [2.45, 2.75) is 23.8 Å². The van der Waals surface area contributed by atoms with Crippen molar-refractivity contribution < 1.29 is 17.9 Å². The maximum atomic E-state index is 12.3. The third-order valence-corrected chi connectivity index (χ3v) is 5.15. The lowest BCUT2D eigenvalue weighted by Gasteiger charge is -2.13. The van der Waals surface area contributed by atoms with Crippen molar-refractivity contribution in [3.63, 3.8) is 0 Å². The first-order valence-corrected chi connectivity index (χ1v) is 7.96. The number of hydrogen-bond donors (Lipinski definition) is 1. The van der Waals surface area contributed by atoms with E-state index in [-0.39, 0.29) is 23.3 Å². The van der Waals surface area contributed by atoms with Gasteiger partial charge in [0.1, 0.15) is 5.75 Å². The first-order chi connectivity index (χ1) is 9.45. The quantitative estimate of drug-likeness (QED) is 0.860. The summed E-state index contributed by atoms with van der Waals surface area (Å²) in [5.74, 6) is 0.708. The molecule has 2 aliphatic rings. The van der Waals surface area contributed by atoms with E-state index in [4.69, 9.17) is 4.74 Å². The molecule has 0 spiro atoms. The number of sulfonamides is 1. The number of likely N-dealkylation sites (tertiary alicyclic amines) is 1. The van der Waals surface area contributed by atoms with E-state index in [1.165, 1.54) is 11.0 Å². The van der Waals surface area contributed by atoms with E-state index in [2.05, 4.69) is 4.72 Å². The molecule has 0 aliphatic carbocycles. The largest absolute Gasteiger partial charge is 0.493 e. The highest BCUT2D eigenvalue weighted by Crippen LogP contribution is 2.27. The Bertz CT molecular complexity index is 656. The predicted molar refractivity (Wildman–Crippen MR) is 72.0 cm³/mol. The Labute approximate surface area is 117 Å². The fourth-order valence-corrected chi connectivity index (χ4v) is 3.84. The zero-order valence-electron chi connectivity index (χ0n) is 11.1. The Morgan fingerprint density at radius 3 is 2.90 bits per heavy atom. The van der Waals surface area contributed by atoms with Crippen LogP contribution >= 0.6 is 0 Å². The van der Waals surface area contributed by atoms with Gasteiger partial charge >= 0.3 is 0 Å². The molecule has 3 rings (SSSR count). The Morgan fingerprint density at radius 1 is 1.40 bits per heavy atom. The van der Waals surface area contributed by atoms with Gasteiger partial charge in [-0.1, -0.05) is 0 Å². The van der Waals surface area contributed by atoms with Crippen LogP contribution in [0.2, 0.25) is 0 Å². The minimum Gasteiger partial charge on any atom is -0.493 e. The van der Waals surface area contributed by atoms with Gasteiger partial charge in [0.2, 0.25) is 15.9 Å². The number of benzene rings is 1. The molecule has 1 fully saturated rings. The Hall–Kier alpha value is -1.60. The number of amides is 1. The van der Waals surface area contributed by atoms with Crippen LogP contribution in [0.15, 0.2) is 23.1 Å². The van der Waals surface area contributed by atoms with Gasteiger partial charge in [0, 0.05) is 32.5 Å². The summed E-state index contributed by atoms with van der Waals surface area (Å²) in [5, 5.41) is 0. The molecule has 1 unspecified atom stereocenters. The molecule has 0 bridgehead atoms. The number of rotatable bonds is 3. The smallest absolute Gasteiger partial charge is 0.240 e. The minimum absolute atomic E-state index is 0.0416. The van der Waals surface area contributed by atoms with E-state index in [1.54, 1.807) is 19.2 Å². The molecule has 1 amide bonds. The molecule has 1 aromatic rings. The van der Waals surface area contributed by atoms with Crippen LogP contribution in [-0.4, -0.2) is 45.5 Å². The van der Waals surface area contributed by atoms with Crippen molar-refractivity contribution in [1.29, 1.82) is 0 Å². The molecule has 0 saturated carbocycles. The summed E-state index contributed by atoms with van der Waals surface area (Å²) in [4.78, 5) is 13.2. The van der Waals surface area contributed by atoms with Crippen molar-refractivity contribution in [2.24, 2.45) is 0 Å². The summed E-state index contributed by atoms with van der Waals surface area (Å²) in [6.07, 6.45) is 0.938. The van der Waals surface area contributed by atoms with E-state index in [1.807, 2.05) is 0 Å². The molecule has 2 aliphatic heterocycles. The molecule has 108 valence electrons. The summed E-state index contributed by atoms with van der Waals surface area (Å²) in [6, 6.07) is 4.50. The molecular weight excluding hydrogens is 280 g/mol. The zero-order valence-corrected chi connectivity index (χ0v) is 11.9. The lowest BCUT2D eigenvalue weighted by atomic mass is 10.2. The van der Waals surface area contributed by atoms with Gasteiger partial charge in [0.25, 0.3) is 0 Å². The highest BCUT2D eigenvalue weighted by molar-refractivity contribution is 7.89. The van der Waals surface area contributed by atoms with E-state index >= 15 is 0 Å². The molecule has 2 heterocycles. The first kappa shape index (κ1) is 13.4. The first-order valence-electron chi connectivity index (χ1n) is 6.48. The van der Waals surface area contributed by atoms with Crippen molar-refractivity contribution >= 4 is 15.9 Å². The molecule has 1 aromatic carbocycles. The molecule has 0 radical (unpaired) electrons. The van der Waals surface area contributed by atoms with Crippen molar-refractivity contribution in [3.8, 4) is 5.75 Å². The number of carbonyl (C=O) groups excluding carboxylic acids is 1. The van der Waals surface area contributed by atoms with E-state index in [0.29, 0.717) is 13.2 Å². The van der Waals surface area contributed by atoms with Crippen LogP contribution in [0.25, 0.3) is 0 Å². The summed E-state index contributed by atoms with van der Waals surface area (Å²) in [5.41, 5.74) is 0.910. The monoisotopic (exact) mass is 296 g/mol. The van der Waals surface area contributed by atoms with Crippen LogP contribution in [0.4, 0.5) is 0 Å². The molecule has 1 saturated heterocycles. The van der Waals surface area contributed by atoms with Gasteiger partial charge in [-0.2, -0.15) is 0 Å². The average Bonchev–Trinajstić information content (AvgIpc) is 2.95. The molecule has 6 nitrogen and oxygen atoms in total. The van der Waals surface area contributed by atoms with Gasteiger partial charge in [-0.05, 0) is 23.8 Å². The van der Waals surface area contributed by atoms with Gasteiger partial charge in [-0.25, -0.2) is 13.1 Å². The second-order valence-corrected chi connectivity index (χ2v) is 6.88. The SMILES string of the molecule is CN1CC(NS(=O)(=O)c2ccc3c(c2)CCO3)CC1=O. The second kappa shape index (κ2) is 4.75. The van der Waals surface area contributed by atoms with Crippen molar-refractivity contribution in [3.05, 3.63) is 23.8 Å². The third kappa shape index (κ3) is 2.38. The fourth-order valence-electron chi connectivity index (χ4n) is 2.56. The highest BCUT2D eigenvalue weighted by atomic mass is 32.2. The average molecular weight is 296 g/mol. The van der Waals surface area contributed by atoms with Crippen LogP contribution in [0.5, 0.6) is 5.75 Å². The van der Waals surface area contributed by atoms with Gasteiger partial charge in [0.15, 0.2) is 0 Å². The molecule has 1 N–H and O–H groups in total. The number of carbonyl (C=O) groups is 1. The topological polar surface area (TPSA) is 75.7 Å². The minimum atomic E-state index is -3.60. The van der Waals surface area contributed by atoms with Crippen LogP contribution in [-0.2, 0) is 21.2 Å². The second-order valence-electron chi connectivity index (χ2n) is 5.16. The maximum absolute atomic E-state index is 12.3. The normalized spacial score (nSPS) is 21.9. The summed E-state index contributed by atoms with van der Waals surface area (Å²) in [7, 11) is -1.93.